The molecule has 0 heterocycles. The molecule has 33 valence electrons. The van der Waals surface area contributed by atoms with Crippen LogP contribution in [0.5, 0.6) is 0 Å². The summed E-state index contributed by atoms with van der Waals surface area (Å²) in [6.07, 6.45) is 0. The van der Waals surface area contributed by atoms with Crippen molar-refractivity contribution in [2.75, 3.05) is 0 Å². The van der Waals surface area contributed by atoms with Crippen LogP contribution in [0.3, 0.4) is 0 Å². The fourth-order valence-corrected chi connectivity index (χ4v) is 0. The Labute approximate surface area is 91.4 Å². The average molecular weight is 268 g/mol. The van der Waals surface area contributed by atoms with Crippen LogP contribution < -0.4 is 0 Å². The summed E-state index contributed by atoms with van der Waals surface area (Å²) in [7, 11) is 0. The van der Waals surface area contributed by atoms with E-state index >= 15 is 0 Å². The summed E-state index contributed by atoms with van der Waals surface area (Å²) in [5.74, 6) is 0. The van der Waals surface area contributed by atoms with Gasteiger partial charge in [0.1, 0.15) is 0 Å². The maximum absolute atomic E-state index is 4.81. The zero-order valence-corrected chi connectivity index (χ0v) is 9.72. The first kappa shape index (κ1) is 15.9. The second-order valence-corrected chi connectivity index (χ2v) is 2.23. The molecule has 0 amide bonds. The average Bonchev–Trinajstić information content (AvgIpc) is 0.811. The van der Waals surface area contributed by atoms with E-state index in [0.717, 1.165) is 0 Å². The van der Waals surface area contributed by atoms with Crippen LogP contribution in [0.2, 0.25) is 0 Å². The Morgan fingerprint density at radius 1 is 1.00 bits per heavy atom. The second kappa shape index (κ2) is 10.6. The van der Waals surface area contributed by atoms with Gasteiger partial charge in [-0.05, 0) is 0 Å². The van der Waals surface area contributed by atoms with Gasteiger partial charge in [0.05, 0.1) is 0 Å². The van der Waals surface area contributed by atoms with Gasteiger partial charge in [0.15, 0.2) is 0 Å². The molecule has 0 aromatic heterocycles. The smallest absolute Gasteiger partial charge is 0.150 e. The van der Waals surface area contributed by atoms with Crippen molar-refractivity contribution in [1.29, 1.82) is 0 Å². The number of hydrogen-bond acceptors (Lipinski definition) is 0. The summed E-state index contributed by atoms with van der Waals surface area (Å²) in [4.78, 5) is -0.750. The summed E-state index contributed by atoms with van der Waals surface area (Å²) in [5, 5.41) is 0. The predicted octanol–water partition coefficient (Wildman–Crippen LogP) is 1.92. The third-order valence-corrected chi connectivity index (χ3v) is 0. The molecule has 0 saturated heterocycles. The quantitative estimate of drug-likeness (QED) is 0.465. The fraction of sp³-hybridized carbons (Fsp3) is 0. The molecule has 0 nitrogen and oxygen atoms in total. The van der Waals surface area contributed by atoms with E-state index < -0.39 is 4.96 Å². The molecule has 0 aromatic carbocycles. The van der Waals surface area contributed by atoms with E-state index in [1.54, 1.807) is 0 Å². The molecule has 6 heavy (non-hydrogen) atoms. The van der Waals surface area contributed by atoms with Gasteiger partial charge in [0.25, 0.3) is 0 Å². The molecule has 0 aromatic rings. The molecule has 0 unspecified atom stereocenters. The number of halogens is 4. The Kier molecular flexibility index (Phi) is 28.1. The number of hydrogen-bond donors (Lipinski definition) is 0. The van der Waals surface area contributed by atoms with Crippen molar-refractivity contribution < 1.29 is 0 Å². The summed E-state index contributed by atoms with van der Waals surface area (Å²) in [5.41, 5.74) is 0. The molecule has 0 aliphatic rings. The molecular formula is HBCl3INa. The van der Waals surface area contributed by atoms with Gasteiger partial charge in [-0.1, -0.05) is 0 Å². The molecule has 0 bridgehead atoms. The Hall–Kier alpha value is 2.66. The van der Waals surface area contributed by atoms with Crippen molar-refractivity contribution in [2.45, 2.75) is 0 Å². The van der Waals surface area contributed by atoms with Crippen LogP contribution in [-0.4, -0.2) is 34.5 Å². The van der Waals surface area contributed by atoms with Gasteiger partial charge in [0.2, 0.25) is 0 Å². The first-order chi connectivity index (χ1) is 1.73. The van der Waals surface area contributed by atoms with Crippen molar-refractivity contribution in [3.8, 4) is 0 Å². The zero-order chi connectivity index (χ0) is 3.58. The van der Waals surface area contributed by atoms with E-state index in [-0.39, 0.29) is 53.5 Å². The van der Waals surface area contributed by atoms with E-state index in [2.05, 4.69) is 0 Å². The molecule has 6 heteroatoms. The van der Waals surface area contributed by atoms with Crippen LogP contribution in [0.4, 0.5) is 0 Å². The minimum absolute atomic E-state index is 0. The third kappa shape index (κ3) is 30.1. The van der Waals surface area contributed by atoms with Crippen molar-refractivity contribution >= 4 is 92.9 Å². The molecule has 0 aliphatic carbocycles. The van der Waals surface area contributed by atoms with Gasteiger partial charge in [0, 0.05) is 29.6 Å². The summed E-state index contributed by atoms with van der Waals surface area (Å²) < 4.78 is 0. The van der Waals surface area contributed by atoms with Gasteiger partial charge in [-0.15, -0.1) is 24.0 Å². The first-order valence-electron chi connectivity index (χ1n) is 0.655. The van der Waals surface area contributed by atoms with E-state index in [1.807, 2.05) is 0 Å². The minimum Gasteiger partial charge on any atom is -0.150 e. The summed E-state index contributed by atoms with van der Waals surface area (Å²) in [6.45, 7) is 0. The van der Waals surface area contributed by atoms with Gasteiger partial charge >= 0.3 is 4.96 Å². The van der Waals surface area contributed by atoms with Crippen molar-refractivity contribution in [2.24, 2.45) is 0 Å². The van der Waals surface area contributed by atoms with E-state index in [1.165, 1.54) is 0 Å². The van der Waals surface area contributed by atoms with Crippen molar-refractivity contribution in [3.63, 3.8) is 0 Å². The van der Waals surface area contributed by atoms with Crippen LogP contribution in [0, 0.1) is 0 Å². The van der Waals surface area contributed by atoms with Crippen LogP contribution in [0.25, 0.3) is 0 Å². The molecule has 1 radical (unpaired) electrons. The van der Waals surface area contributed by atoms with Crippen molar-refractivity contribution in [3.05, 3.63) is 0 Å². The monoisotopic (exact) mass is 267 g/mol. The molecule has 0 N–H and O–H groups in total. The van der Waals surface area contributed by atoms with Crippen LogP contribution in [-0.2, 0) is 0 Å². The Bertz CT molecular complexity index is 15.5. The molecule has 0 fully saturated rings. The fourth-order valence-electron chi connectivity index (χ4n) is 0. The summed E-state index contributed by atoms with van der Waals surface area (Å²) in [6, 6.07) is 0. The predicted molar refractivity (Wildman–Crippen MR) is 44.5 cm³/mol. The summed E-state index contributed by atoms with van der Waals surface area (Å²) >= 11 is 14.4. The SMILES string of the molecule is ClB(Cl)Cl.I.[Na]. The van der Waals surface area contributed by atoms with E-state index in [9.17, 15) is 0 Å². The first-order valence-corrected chi connectivity index (χ1v) is 1.96. The number of rotatable bonds is 0. The van der Waals surface area contributed by atoms with Gasteiger partial charge in [-0.2, -0.15) is 34.4 Å². The Balaban J connectivity index is -0.0000000450. The van der Waals surface area contributed by atoms with E-state index in [0.29, 0.717) is 0 Å². The Morgan fingerprint density at radius 3 is 1.00 bits per heavy atom. The van der Waals surface area contributed by atoms with Gasteiger partial charge < -0.3 is 0 Å². The van der Waals surface area contributed by atoms with Crippen LogP contribution in [0.1, 0.15) is 0 Å². The molecule has 0 saturated carbocycles. The molecule has 0 rings (SSSR count). The van der Waals surface area contributed by atoms with Crippen LogP contribution in [0.15, 0.2) is 0 Å². The molecule has 0 atom stereocenters. The zero-order valence-electron chi connectivity index (χ0n) is 3.12. The maximum Gasteiger partial charge on any atom is 0.450 e. The van der Waals surface area contributed by atoms with Crippen molar-refractivity contribution in [1.82, 2.24) is 0 Å². The Morgan fingerprint density at radius 2 is 1.00 bits per heavy atom. The largest absolute Gasteiger partial charge is 0.450 e. The standard InChI is InChI=1S/BCl3.HI.Na/c2-1(3)4;;/h;1H;. The third-order valence-electron chi connectivity index (χ3n) is 0. The minimum atomic E-state index is -0.750. The van der Waals surface area contributed by atoms with Crippen LogP contribution >= 0.6 is 58.4 Å². The topological polar surface area (TPSA) is 0 Å². The maximum atomic E-state index is 4.81. The normalized spacial score (nSPS) is 4.50. The molecular weight excluding hydrogens is 267 g/mol. The molecule has 0 aliphatic heterocycles. The van der Waals surface area contributed by atoms with Gasteiger partial charge in [-0.3, -0.25) is 0 Å². The van der Waals surface area contributed by atoms with E-state index in [4.69, 9.17) is 34.4 Å². The second-order valence-electron chi connectivity index (χ2n) is 0.247. The van der Waals surface area contributed by atoms with Gasteiger partial charge in [-0.25, -0.2) is 0 Å². The molecule has 0 spiro atoms.